The lowest BCUT2D eigenvalue weighted by atomic mass is 9.95. The number of amides is 4. The van der Waals surface area contributed by atoms with Crippen LogP contribution in [-0.4, -0.2) is 154 Å². The number of hydrogen-bond acceptors (Lipinski definition) is 14. The maximum absolute atomic E-state index is 14.9. The third-order valence-electron chi connectivity index (χ3n) is 13.6. The van der Waals surface area contributed by atoms with Crippen LogP contribution in [0.2, 0.25) is 0 Å². The molecule has 424 valence electrons. The minimum absolute atomic E-state index is 0.0628. The van der Waals surface area contributed by atoms with Crippen molar-refractivity contribution in [2.24, 2.45) is 23.7 Å². The lowest BCUT2D eigenvalue weighted by Gasteiger charge is -2.35. The van der Waals surface area contributed by atoms with Crippen molar-refractivity contribution in [3.05, 3.63) is 70.8 Å². The van der Waals surface area contributed by atoms with Crippen LogP contribution in [0.15, 0.2) is 48.5 Å². The van der Waals surface area contributed by atoms with E-state index in [1.807, 2.05) is 55.4 Å². The SMILES string of the molecule is CC(C)C[C@H]1C(=O)O[C@H](Cc2ccc(C(C)(C)O)cc2)C(=O)N(C)[C@@H](CC(C)C)C(=O)O[C@H](C)C(=O)N(C)[C@@H](CC(C)C)C(=O)O[C@H](Cc2ccc(C(C)(C)O)cc2)C(=O)N(C)[C@@H](CC(C)C)C(=O)O[C@H](C)C(=O)N1C. The van der Waals surface area contributed by atoms with Gasteiger partial charge in [0.1, 0.15) is 24.2 Å². The topological polar surface area (TPSA) is 227 Å². The van der Waals surface area contributed by atoms with Crippen LogP contribution in [0.25, 0.3) is 0 Å². The molecule has 76 heavy (non-hydrogen) atoms. The lowest BCUT2D eigenvalue weighted by Crippen LogP contribution is -2.55. The van der Waals surface area contributed by atoms with Crippen molar-refractivity contribution in [2.45, 2.75) is 195 Å². The Balaban J connectivity index is 2.29. The van der Waals surface area contributed by atoms with Crippen molar-refractivity contribution in [3.8, 4) is 0 Å². The third kappa shape index (κ3) is 18.1. The maximum Gasteiger partial charge on any atom is 0.329 e. The number of cyclic esters (lactones) is 4. The molecule has 2 aromatic carbocycles. The summed E-state index contributed by atoms with van der Waals surface area (Å²) in [6.45, 7) is 23.8. The Morgan fingerprint density at radius 2 is 0.632 bits per heavy atom. The molecule has 0 spiro atoms. The molecule has 1 aliphatic rings. The minimum Gasteiger partial charge on any atom is -0.451 e. The number of esters is 4. The maximum atomic E-state index is 14.9. The van der Waals surface area contributed by atoms with E-state index in [-0.39, 0.29) is 62.2 Å². The number of hydrogen-bond donors (Lipinski definition) is 2. The van der Waals surface area contributed by atoms with E-state index in [0.717, 1.165) is 19.6 Å². The van der Waals surface area contributed by atoms with Crippen LogP contribution >= 0.6 is 0 Å². The van der Waals surface area contributed by atoms with Gasteiger partial charge in [-0.25, -0.2) is 19.2 Å². The Morgan fingerprint density at radius 3 is 0.855 bits per heavy atom. The molecular formula is C58H88N4O14. The van der Waals surface area contributed by atoms with Crippen LogP contribution in [0, 0.1) is 23.7 Å². The van der Waals surface area contributed by atoms with Crippen LogP contribution < -0.4 is 0 Å². The Labute approximate surface area is 451 Å². The Morgan fingerprint density at radius 1 is 0.408 bits per heavy atom. The van der Waals surface area contributed by atoms with Crippen LogP contribution in [0.4, 0.5) is 0 Å². The van der Waals surface area contributed by atoms with Crippen molar-refractivity contribution >= 4 is 47.5 Å². The van der Waals surface area contributed by atoms with Crippen LogP contribution in [0.1, 0.15) is 145 Å². The van der Waals surface area contributed by atoms with Gasteiger partial charge >= 0.3 is 23.9 Å². The summed E-state index contributed by atoms with van der Waals surface area (Å²) in [5, 5.41) is 21.3. The van der Waals surface area contributed by atoms with E-state index >= 15 is 0 Å². The van der Waals surface area contributed by atoms with Crippen molar-refractivity contribution in [1.29, 1.82) is 0 Å². The molecule has 3 rings (SSSR count). The number of likely N-dealkylation sites (N-methyl/N-ethyl adjacent to an activating group) is 4. The van der Waals surface area contributed by atoms with Gasteiger partial charge in [0.05, 0.1) is 11.2 Å². The van der Waals surface area contributed by atoms with E-state index in [2.05, 4.69) is 0 Å². The first-order chi connectivity index (χ1) is 35.0. The molecule has 4 amide bonds. The molecule has 2 aromatic rings. The summed E-state index contributed by atoms with van der Waals surface area (Å²) in [5.74, 6) is -7.71. The number of carbonyl (C=O) groups is 8. The number of aliphatic hydroxyl groups is 2. The molecule has 8 atom stereocenters. The zero-order valence-electron chi connectivity index (χ0n) is 48.4. The molecular weight excluding hydrogens is 977 g/mol. The highest BCUT2D eigenvalue weighted by molar-refractivity contribution is 5.94. The second-order valence-electron chi connectivity index (χ2n) is 23.3. The largest absolute Gasteiger partial charge is 0.451 e. The van der Waals surface area contributed by atoms with Crippen molar-refractivity contribution in [3.63, 3.8) is 0 Å². The first-order valence-corrected chi connectivity index (χ1v) is 26.6. The summed E-state index contributed by atoms with van der Waals surface area (Å²) in [6.07, 6.45) is -6.26. The second-order valence-corrected chi connectivity index (χ2v) is 23.3. The molecule has 0 unspecified atom stereocenters. The van der Waals surface area contributed by atoms with Crippen molar-refractivity contribution in [2.75, 3.05) is 28.2 Å². The first-order valence-electron chi connectivity index (χ1n) is 26.6. The lowest BCUT2D eigenvalue weighted by molar-refractivity contribution is -0.176. The van der Waals surface area contributed by atoms with E-state index in [1.54, 1.807) is 76.2 Å². The highest BCUT2D eigenvalue weighted by Crippen LogP contribution is 2.27. The first kappa shape index (κ1) is 64.4. The van der Waals surface area contributed by atoms with Gasteiger partial charge in [-0.15, -0.1) is 0 Å². The number of carbonyl (C=O) groups excluding carboxylic acids is 8. The molecule has 1 fully saturated rings. The summed E-state index contributed by atoms with van der Waals surface area (Å²) >= 11 is 0. The molecule has 1 heterocycles. The van der Waals surface area contributed by atoms with Crippen molar-refractivity contribution < 1.29 is 67.5 Å². The predicted octanol–water partition coefficient (Wildman–Crippen LogP) is 6.12. The monoisotopic (exact) mass is 1060 g/mol. The Hall–Kier alpha value is -5.88. The van der Waals surface area contributed by atoms with Crippen molar-refractivity contribution in [1.82, 2.24) is 19.6 Å². The minimum atomic E-state index is -1.57. The summed E-state index contributed by atoms with van der Waals surface area (Å²) in [4.78, 5) is 121. The van der Waals surface area contributed by atoms with Gasteiger partial charge in [-0.1, -0.05) is 104 Å². The summed E-state index contributed by atoms with van der Waals surface area (Å²) < 4.78 is 23.9. The molecule has 1 aliphatic heterocycles. The Kier molecular flexibility index (Phi) is 23.3. The molecule has 0 aliphatic carbocycles. The van der Waals surface area contributed by atoms with Gasteiger partial charge in [-0.3, -0.25) is 19.2 Å². The van der Waals surface area contributed by atoms with Crippen LogP contribution in [-0.2, 0) is 81.3 Å². The number of ether oxygens (including phenoxy) is 4. The normalized spacial score (nSPS) is 24.3. The van der Waals surface area contributed by atoms with Crippen LogP contribution in [0.3, 0.4) is 0 Å². The fourth-order valence-electron chi connectivity index (χ4n) is 9.01. The number of benzene rings is 2. The molecule has 0 saturated carbocycles. The fourth-order valence-corrected chi connectivity index (χ4v) is 9.01. The average Bonchev–Trinajstić information content (AvgIpc) is 3.32. The Bertz CT molecular complexity index is 2140. The average molecular weight is 1070 g/mol. The van der Waals surface area contributed by atoms with Gasteiger partial charge in [0.2, 0.25) is 0 Å². The molecule has 2 N–H and O–H groups in total. The van der Waals surface area contributed by atoms with Gasteiger partial charge in [-0.05, 0) is 113 Å². The standard InChI is InChI=1S/C58H88N4O14/c1-33(2)27-43-53(67)73-37(9)49(63)59(15)46(30-36(7)8)56(70)76-48(32-40-21-25-42(26-22-40)58(13,14)72)52(66)62(18)44(28-34(3)4)54(68)74-38(10)50(64)60(16)45(29-35(5)6)55(69)75-47(51(65)61(43)17)31-39-19-23-41(24-20-39)57(11,12)71/h19-26,33-38,43-48,71-72H,27-32H2,1-18H3/t37-,38-,43+,44+,45+,46+,47-,48-/m1/s1. The molecule has 1 saturated heterocycles. The van der Waals surface area contributed by atoms with Gasteiger partial charge in [0.15, 0.2) is 24.4 Å². The molecule has 0 bridgehead atoms. The van der Waals surface area contributed by atoms with Gasteiger partial charge in [-0.2, -0.15) is 0 Å². The zero-order valence-corrected chi connectivity index (χ0v) is 48.4. The summed E-state index contributed by atoms with van der Waals surface area (Å²) in [6, 6.07) is 8.22. The molecule has 18 nitrogen and oxygen atoms in total. The van der Waals surface area contributed by atoms with E-state index in [0.29, 0.717) is 22.3 Å². The predicted molar refractivity (Wildman–Crippen MR) is 286 cm³/mol. The highest BCUT2D eigenvalue weighted by atomic mass is 16.6. The highest BCUT2D eigenvalue weighted by Gasteiger charge is 2.43. The summed E-state index contributed by atoms with van der Waals surface area (Å²) in [7, 11) is 5.46. The van der Waals surface area contributed by atoms with Gasteiger partial charge in [0.25, 0.3) is 23.6 Å². The molecule has 18 heteroatoms. The molecule has 0 aromatic heterocycles. The third-order valence-corrected chi connectivity index (χ3v) is 13.6. The summed E-state index contributed by atoms with van der Waals surface area (Å²) in [5.41, 5.74) is -0.114. The van der Waals surface area contributed by atoms with Gasteiger partial charge < -0.3 is 48.8 Å². The quantitative estimate of drug-likeness (QED) is 0.161. The number of nitrogens with zero attached hydrogens (tertiary/aromatic N) is 4. The smallest absolute Gasteiger partial charge is 0.329 e. The second kappa shape index (κ2) is 27.4. The van der Waals surface area contributed by atoms with E-state index in [1.165, 1.54) is 42.0 Å². The number of rotatable bonds is 14. The van der Waals surface area contributed by atoms with Crippen LogP contribution in [0.5, 0.6) is 0 Å². The van der Waals surface area contributed by atoms with E-state index in [9.17, 15) is 48.6 Å². The fraction of sp³-hybridized carbons (Fsp3) is 0.655. The van der Waals surface area contributed by atoms with E-state index in [4.69, 9.17) is 18.9 Å². The zero-order chi connectivity index (χ0) is 57.9. The van der Waals surface area contributed by atoms with Gasteiger partial charge in [0, 0.05) is 41.0 Å². The molecule has 0 radical (unpaired) electrons. The van der Waals surface area contributed by atoms with E-state index < -0.39 is 107 Å².